The van der Waals surface area contributed by atoms with Crippen molar-refractivity contribution in [2.75, 3.05) is 20.2 Å². The van der Waals surface area contributed by atoms with Gasteiger partial charge in [-0.3, -0.25) is 9.69 Å². The summed E-state index contributed by atoms with van der Waals surface area (Å²) < 4.78 is 18.9. The molecule has 0 radical (unpaired) electrons. The van der Waals surface area contributed by atoms with Gasteiger partial charge in [-0.1, -0.05) is 78.9 Å². The van der Waals surface area contributed by atoms with Crippen molar-refractivity contribution in [3.05, 3.63) is 136 Å². The van der Waals surface area contributed by atoms with Gasteiger partial charge < -0.3 is 4.74 Å². The van der Waals surface area contributed by atoms with E-state index in [9.17, 15) is 9.18 Å². The normalized spacial score (nSPS) is 15.1. The fourth-order valence-corrected chi connectivity index (χ4v) is 7.16. The van der Waals surface area contributed by atoms with Crippen LogP contribution in [-0.2, 0) is 23.1 Å². The molecule has 1 aliphatic rings. The molecule has 0 N–H and O–H groups in total. The van der Waals surface area contributed by atoms with Crippen LogP contribution in [0.25, 0.3) is 0 Å². The number of aryl methyl sites for hydroxylation is 2. The number of ether oxygens (including phenoxy) is 1. The maximum atomic E-state index is 13.3. The van der Waals surface area contributed by atoms with E-state index in [-0.39, 0.29) is 17.0 Å². The Balaban J connectivity index is 1.30. The van der Waals surface area contributed by atoms with Crippen LogP contribution in [-0.4, -0.2) is 30.9 Å². The van der Waals surface area contributed by atoms with E-state index < -0.39 is 0 Å². The molecular formula is C40H46FNO2. The van der Waals surface area contributed by atoms with Crippen molar-refractivity contribution in [1.82, 2.24) is 4.90 Å². The molecule has 0 aliphatic carbocycles. The predicted octanol–water partition coefficient (Wildman–Crippen LogP) is 9.20. The summed E-state index contributed by atoms with van der Waals surface area (Å²) in [4.78, 5) is 15.6. The van der Waals surface area contributed by atoms with Gasteiger partial charge in [0.1, 0.15) is 17.3 Å². The lowest BCUT2D eigenvalue weighted by atomic mass is 9.68. The molecule has 0 amide bonds. The van der Waals surface area contributed by atoms with Crippen LogP contribution in [0.15, 0.2) is 97.1 Å². The minimum absolute atomic E-state index is 0.170. The second-order valence-corrected chi connectivity index (χ2v) is 12.4. The zero-order chi connectivity index (χ0) is 30.9. The van der Waals surface area contributed by atoms with Gasteiger partial charge in [0.25, 0.3) is 0 Å². The molecule has 4 aromatic carbocycles. The molecule has 3 nitrogen and oxygen atoms in total. The van der Waals surface area contributed by atoms with Crippen LogP contribution < -0.4 is 4.74 Å². The summed E-state index contributed by atoms with van der Waals surface area (Å²) in [5, 5.41) is 0. The van der Waals surface area contributed by atoms with Crippen LogP contribution >= 0.6 is 0 Å². The predicted molar refractivity (Wildman–Crippen MR) is 178 cm³/mol. The molecule has 4 aromatic rings. The van der Waals surface area contributed by atoms with Gasteiger partial charge in [0.15, 0.2) is 0 Å². The number of hydrogen-bond donors (Lipinski definition) is 0. The van der Waals surface area contributed by atoms with Gasteiger partial charge in [0.2, 0.25) is 0 Å². The number of fused-ring (bicyclic) bond motifs is 1. The third-order valence-electron chi connectivity index (χ3n) is 9.69. The number of halogens is 1. The van der Waals surface area contributed by atoms with E-state index in [1.807, 2.05) is 0 Å². The van der Waals surface area contributed by atoms with Crippen LogP contribution in [0.2, 0.25) is 0 Å². The molecule has 0 aromatic heterocycles. The van der Waals surface area contributed by atoms with Crippen LogP contribution in [0.5, 0.6) is 5.75 Å². The van der Waals surface area contributed by atoms with E-state index >= 15 is 0 Å². The van der Waals surface area contributed by atoms with E-state index in [4.69, 9.17) is 4.74 Å². The van der Waals surface area contributed by atoms with E-state index in [0.717, 1.165) is 56.5 Å². The summed E-state index contributed by atoms with van der Waals surface area (Å²) in [6.45, 7) is 6.54. The molecule has 0 fully saturated rings. The number of rotatable bonds is 14. The van der Waals surface area contributed by atoms with Crippen molar-refractivity contribution in [1.29, 1.82) is 0 Å². The highest BCUT2D eigenvalue weighted by molar-refractivity contribution is 5.78. The largest absolute Gasteiger partial charge is 0.496 e. The lowest BCUT2D eigenvalue weighted by Crippen LogP contribution is -2.36. The van der Waals surface area contributed by atoms with Crippen molar-refractivity contribution in [3.8, 4) is 5.75 Å². The molecule has 230 valence electrons. The number of carbonyl (C=O) groups is 1. The summed E-state index contributed by atoms with van der Waals surface area (Å²) in [5.41, 5.74) is 7.51. The topological polar surface area (TPSA) is 29.5 Å². The Morgan fingerprint density at radius 3 is 2.16 bits per heavy atom. The van der Waals surface area contributed by atoms with Crippen LogP contribution in [0.1, 0.15) is 84.9 Å². The second kappa shape index (κ2) is 14.8. The van der Waals surface area contributed by atoms with Crippen molar-refractivity contribution in [3.63, 3.8) is 0 Å². The number of nitrogens with zero attached hydrogens (tertiary/aromatic N) is 1. The molecule has 1 unspecified atom stereocenters. The number of Topliss-reactive ketones (excluding diaryl/α,β-unsaturated/α-hetero) is 1. The highest BCUT2D eigenvalue weighted by Gasteiger charge is 2.34. The average molecular weight is 592 g/mol. The Hall–Kier alpha value is -3.76. The highest BCUT2D eigenvalue weighted by atomic mass is 19.1. The number of methoxy groups -OCH3 is 1. The van der Waals surface area contributed by atoms with E-state index in [1.165, 1.54) is 39.9 Å². The first-order chi connectivity index (χ1) is 21.4. The van der Waals surface area contributed by atoms with Gasteiger partial charge in [-0.25, -0.2) is 4.39 Å². The number of benzene rings is 4. The maximum Gasteiger partial charge on any atom is 0.133 e. The van der Waals surface area contributed by atoms with Crippen LogP contribution in [0.4, 0.5) is 4.39 Å². The molecule has 5 rings (SSSR count). The molecule has 1 atom stereocenters. The van der Waals surface area contributed by atoms with Crippen LogP contribution in [0.3, 0.4) is 0 Å². The fraction of sp³-hybridized carbons (Fsp3) is 0.375. The number of ketones is 1. The second-order valence-electron chi connectivity index (χ2n) is 12.4. The third-order valence-corrected chi connectivity index (χ3v) is 9.69. The highest BCUT2D eigenvalue weighted by Crippen LogP contribution is 2.42. The first-order valence-electron chi connectivity index (χ1n) is 16.2. The number of hydrogen-bond acceptors (Lipinski definition) is 3. The van der Waals surface area contributed by atoms with E-state index in [0.29, 0.717) is 25.3 Å². The van der Waals surface area contributed by atoms with E-state index in [2.05, 4.69) is 91.5 Å². The molecule has 0 spiro atoms. The SMILES string of the molecule is COc1cc2c(cc1C)CCN(CCCC(CCCC(=O)CCc1ccc(F)cc1)(c1ccccc1)c1ccccc1)C2C. The Bertz CT molecular complexity index is 1460. The average Bonchev–Trinajstić information content (AvgIpc) is 3.05. The van der Waals surface area contributed by atoms with Gasteiger partial charge in [-0.2, -0.15) is 0 Å². The molecule has 1 heterocycles. The van der Waals surface area contributed by atoms with Gasteiger partial charge in [-0.05, 0) is 110 Å². The molecule has 4 heteroatoms. The lowest BCUT2D eigenvalue weighted by Gasteiger charge is -2.39. The first-order valence-corrected chi connectivity index (χ1v) is 16.2. The standard InChI is InChI=1S/C40H46FNO2/c1-30-28-33-23-27-42(31(2)38(33)29-39(30)44-3)26-11-25-40(34-12-6-4-7-13-34,35-14-8-5-9-15-35)24-10-16-37(43)22-19-32-17-20-36(41)21-18-32/h4-9,12-15,17-18,20-21,28-29,31H,10-11,16,19,22-27H2,1-3H3. The smallest absolute Gasteiger partial charge is 0.133 e. The number of carbonyl (C=O) groups excluding carboxylic acids is 1. The van der Waals surface area contributed by atoms with Crippen molar-refractivity contribution in [2.24, 2.45) is 0 Å². The molecule has 0 bridgehead atoms. The molecule has 1 aliphatic heterocycles. The molecule has 44 heavy (non-hydrogen) atoms. The van der Waals surface area contributed by atoms with Gasteiger partial charge in [0, 0.05) is 30.8 Å². The summed E-state index contributed by atoms with van der Waals surface area (Å²) in [7, 11) is 1.76. The molecular weight excluding hydrogens is 545 g/mol. The van der Waals surface area contributed by atoms with Crippen LogP contribution in [0, 0.1) is 12.7 Å². The molecule has 0 saturated heterocycles. The van der Waals surface area contributed by atoms with E-state index in [1.54, 1.807) is 19.2 Å². The van der Waals surface area contributed by atoms with Gasteiger partial charge in [-0.15, -0.1) is 0 Å². The van der Waals surface area contributed by atoms with Gasteiger partial charge >= 0.3 is 0 Å². The maximum absolute atomic E-state index is 13.3. The lowest BCUT2D eigenvalue weighted by molar-refractivity contribution is -0.119. The van der Waals surface area contributed by atoms with Crippen molar-refractivity contribution >= 4 is 5.78 Å². The summed E-state index contributed by atoms with van der Waals surface area (Å²) in [6.07, 6.45) is 6.59. The third kappa shape index (κ3) is 7.47. The summed E-state index contributed by atoms with van der Waals surface area (Å²) >= 11 is 0. The zero-order valence-corrected chi connectivity index (χ0v) is 26.5. The summed E-state index contributed by atoms with van der Waals surface area (Å²) in [6, 6.07) is 33.1. The fourth-order valence-electron chi connectivity index (χ4n) is 7.16. The quantitative estimate of drug-likeness (QED) is 0.146. The van der Waals surface area contributed by atoms with Gasteiger partial charge in [0.05, 0.1) is 7.11 Å². The van der Waals surface area contributed by atoms with Crippen molar-refractivity contribution < 1.29 is 13.9 Å². The monoisotopic (exact) mass is 591 g/mol. The molecule has 0 saturated carbocycles. The minimum atomic E-state index is -0.242. The minimum Gasteiger partial charge on any atom is -0.496 e. The van der Waals surface area contributed by atoms with Crippen molar-refractivity contribution in [2.45, 2.75) is 76.7 Å². The summed E-state index contributed by atoms with van der Waals surface area (Å²) in [5.74, 6) is 1.00. The Morgan fingerprint density at radius 1 is 0.886 bits per heavy atom. The zero-order valence-electron chi connectivity index (χ0n) is 26.5. The first kappa shape index (κ1) is 31.7. The Kier molecular flexibility index (Phi) is 10.7. The Morgan fingerprint density at radius 2 is 1.52 bits per heavy atom. The Labute approximate surface area is 263 Å².